The van der Waals surface area contributed by atoms with E-state index in [2.05, 4.69) is 54.9 Å². The van der Waals surface area contributed by atoms with Gasteiger partial charge in [-0.05, 0) is 41.3 Å². The number of hydrogen-bond acceptors (Lipinski definition) is 2. The Morgan fingerprint density at radius 3 is 2.36 bits per heavy atom. The van der Waals surface area contributed by atoms with Gasteiger partial charge in [0.05, 0.1) is 6.04 Å². The van der Waals surface area contributed by atoms with Crippen molar-refractivity contribution in [2.75, 3.05) is 0 Å². The molecule has 0 saturated heterocycles. The fraction of sp³-hybridized carbons (Fsp3) is 0.421. The first kappa shape index (κ1) is 16.8. The second-order valence-electron chi connectivity index (χ2n) is 5.74. The second kappa shape index (κ2) is 8.14. The number of nitrogens with one attached hydrogen (secondary N) is 1. The van der Waals surface area contributed by atoms with Crippen LogP contribution in [0.2, 0.25) is 0 Å². The van der Waals surface area contributed by atoms with Gasteiger partial charge in [-0.3, -0.25) is 4.79 Å². The average Bonchev–Trinajstić information content (AvgIpc) is 3.06. The number of hydrogen-bond donors (Lipinski definition) is 1. The van der Waals surface area contributed by atoms with Crippen LogP contribution in [0.4, 0.5) is 0 Å². The van der Waals surface area contributed by atoms with Crippen molar-refractivity contribution < 1.29 is 4.79 Å². The van der Waals surface area contributed by atoms with Crippen molar-refractivity contribution in [3.05, 3.63) is 57.8 Å². The van der Waals surface area contributed by atoms with Crippen LogP contribution >= 0.6 is 11.3 Å². The van der Waals surface area contributed by atoms with Crippen molar-refractivity contribution in [3.8, 4) is 0 Å². The van der Waals surface area contributed by atoms with Crippen molar-refractivity contribution in [2.45, 2.75) is 52.0 Å². The van der Waals surface area contributed by atoms with Gasteiger partial charge in [-0.1, -0.05) is 51.1 Å². The standard InChI is InChI=1S/C19H25NOS/c1-4-7-18(21)20-19(17-8-6-13-22-17)16-11-9-15(10-12-16)14(3)5-2/h6,8-14,19H,4-5,7H2,1-3H3,(H,20,21). The molecule has 0 aliphatic heterocycles. The van der Waals surface area contributed by atoms with Crippen LogP contribution in [0.1, 0.15) is 68.0 Å². The largest absolute Gasteiger partial charge is 0.344 e. The van der Waals surface area contributed by atoms with Gasteiger partial charge in [-0.2, -0.15) is 0 Å². The Labute approximate surface area is 137 Å². The molecule has 1 amide bonds. The summed E-state index contributed by atoms with van der Waals surface area (Å²) in [5.41, 5.74) is 2.51. The van der Waals surface area contributed by atoms with E-state index < -0.39 is 0 Å². The van der Waals surface area contributed by atoms with Crippen LogP contribution < -0.4 is 5.32 Å². The highest BCUT2D eigenvalue weighted by molar-refractivity contribution is 7.10. The number of carbonyl (C=O) groups is 1. The minimum absolute atomic E-state index is 0.0370. The summed E-state index contributed by atoms with van der Waals surface area (Å²) in [7, 11) is 0. The maximum atomic E-state index is 12.0. The zero-order chi connectivity index (χ0) is 15.9. The minimum atomic E-state index is -0.0370. The van der Waals surface area contributed by atoms with Crippen molar-refractivity contribution in [3.63, 3.8) is 0 Å². The molecule has 2 rings (SSSR count). The molecule has 0 aliphatic rings. The molecule has 1 aromatic carbocycles. The number of carbonyl (C=O) groups excluding carboxylic acids is 1. The Hall–Kier alpha value is -1.61. The molecule has 0 spiro atoms. The predicted octanol–water partition coefficient (Wildman–Crippen LogP) is 5.27. The van der Waals surface area contributed by atoms with Gasteiger partial charge in [0.25, 0.3) is 0 Å². The van der Waals surface area contributed by atoms with Crippen molar-refractivity contribution >= 4 is 17.2 Å². The van der Waals surface area contributed by atoms with Crippen LogP contribution in [0.3, 0.4) is 0 Å². The van der Waals surface area contributed by atoms with E-state index in [4.69, 9.17) is 0 Å². The molecule has 2 aromatic rings. The highest BCUT2D eigenvalue weighted by Crippen LogP contribution is 2.28. The van der Waals surface area contributed by atoms with E-state index in [-0.39, 0.29) is 11.9 Å². The minimum Gasteiger partial charge on any atom is -0.344 e. The third-order valence-corrected chi connectivity index (χ3v) is 5.00. The van der Waals surface area contributed by atoms with Gasteiger partial charge in [0.2, 0.25) is 5.91 Å². The van der Waals surface area contributed by atoms with E-state index in [0.29, 0.717) is 12.3 Å². The quantitative estimate of drug-likeness (QED) is 0.741. The molecule has 0 aliphatic carbocycles. The molecule has 0 saturated carbocycles. The fourth-order valence-electron chi connectivity index (χ4n) is 2.49. The van der Waals surface area contributed by atoms with E-state index in [9.17, 15) is 4.79 Å². The molecule has 2 atom stereocenters. The van der Waals surface area contributed by atoms with Gasteiger partial charge in [-0.15, -0.1) is 11.3 Å². The summed E-state index contributed by atoms with van der Waals surface area (Å²) < 4.78 is 0. The Morgan fingerprint density at radius 1 is 1.14 bits per heavy atom. The third kappa shape index (κ3) is 4.20. The molecule has 0 radical (unpaired) electrons. The molecule has 2 unspecified atom stereocenters. The summed E-state index contributed by atoms with van der Waals surface area (Å²) in [4.78, 5) is 13.2. The smallest absolute Gasteiger partial charge is 0.220 e. The van der Waals surface area contributed by atoms with E-state index in [1.807, 2.05) is 13.0 Å². The van der Waals surface area contributed by atoms with Crippen molar-refractivity contribution in [1.29, 1.82) is 0 Å². The van der Waals surface area contributed by atoms with Crippen LogP contribution in [-0.2, 0) is 4.79 Å². The summed E-state index contributed by atoms with van der Waals surface area (Å²) in [5.74, 6) is 0.691. The van der Waals surface area contributed by atoms with Crippen LogP contribution in [0.15, 0.2) is 41.8 Å². The SMILES string of the molecule is CCCC(=O)NC(c1ccc(C(C)CC)cc1)c1cccs1. The third-order valence-electron chi connectivity index (χ3n) is 4.06. The van der Waals surface area contributed by atoms with Gasteiger partial charge >= 0.3 is 0 Å². The lowest BCUT2D eigenvalue weighted by Gasteiger charge is -2.19. The van der Waals surface area contributed by atoms with Crippen molar-refractivity contribution in [2.24, 2.45) is 0 Å². The lowest BCUT2D eigenvalue weighted by molar-refractivity contribution is -0.121. The highest BCUT2D eigenvalue weighted by atomic mass is 32.1. The number of thiophene rings is 1. The van der Waals surface area contributed by atoms with Gasteiger partial charge in [-0.25, -0.2) is 0 Å². The normalized spacial score (nSPS) is 13.6. The first-order valence-electron chi connectivity index (χ1n) is 8.08. The molecule has 3 heteroatoms. The van der Waals surface area contributed by atoms with Crippen LogP contribution in [0, 0.1) is 0 Å². The monoisotopic (exact) mass is 315 g/mol. The molecule has 2 nitrogen and oxygen atoms in total. The molecule has 1 heterocycles. The number of benzene rings is 1. The van der Waals surface area contributed by atoms with Crippen LogP contribution in [0.5, 0.6) is 0 Å². The first-order chi connectivity index (χ1) is 10.7. The summed E-state index contributed by atoms with van der Waals surface area (Å²) >= 11 is 1.69. The summed E-state index contributed by atoms with van der Waals surface area (Å²) in [6, 6.07) is 12.8. The number of amides is 1. The molecule has 0 bridgehead atoms. The van der Waals surface area contributed by atoms with E-state index in [1.165, 1.54) is 10.4 Å². The molecule has 1 N–H and O–H groups in total. The molecule has 1 aromatic heterocycles. The fourth-order valence-corrected chi connectivity index (χ4v) is 3.29. The predicted molar refractivity (Wildman–Crippen MR) is 94.4 cm³/mol. The lowest BCUT2D eigenvalue weighted by atomic mass is 9.95. The molecule has 118 valence electrons. The van der Waals surface area contributed by atoms with Crippen LogP contribution in [-0.4, -0.2) is 5.91 Å². The van der Waals surface area contributed by atoms with Crippen molar-refractivity contribution in [1.82, 2.24) is 5.32 Å². The van der Waals surface area contributed by atoms with E-state index in [1.54, 1.807) is 11.3 Å². The Kier molecular flexibility index (Phi) is 6.20. The lowest BCUT2D eigenvalue weighted by Crippen LogP contribution is -2.28. The maximum Gasteiger partial charge on any atom is 0.220 e. The topological polar surface area (TPSA) is 29.1 Å². The second-order valence-corrected chi connectivity index (χ2v) is 6.72. The van der Waals surface area contributed by atoms with Gasteiger partial charge in [0.1, 0.15) is 0 Å². The Balaban J connectivity index is 2.23. The molecule has 22 heavy (non-hydrogen) atoms. The molecule has 0 fully saturated rings. The average molecular weight is 315 g/mol. The number of rotatable bonds is 7. The molecular weight excluding hydrogens is 290 g/mol. The van der Waals surface area contributed by atoms with Crippen LogP contribution in [0.25, 0.3) is 0 Å². The van der Waals surface area contributed by atoms with Gasteiger partial charge in [0.15, 0.2) is 0 Å². The summed E-state index contributed by atoms with van der Waals surface area (Å²) in [5, 5.41) is 5.23. The first-order valence-corrected chi connectivity index (χ1v) is 8.96. The van der Waals surface area contributed by atoms with Gasteiger partial charge < -0.3 is 5.32 Å². The Bertz CT molecular complexity index is 574. The zero-order valence-corrected chi connectivity index (χ0v) is 14.5. The van der Waals surface area contributed by atoms with E-state index >= 15 is 0 Å². The van der Waals surface area contributed by atoms with E-state index in [0.717, 1.165) is 18.4 Å². The Morgan fingerprint density at radius 2 is 1.82 bits per heavy atom. The van der Waals surface area contributed by atoms with Gasteiger partial charge in [0, 0.05) is 11.3 Å². The summed E-state index contributed by atoms with van der Waals surface area (Å²) in [6.45, 7) is 6.48. The maximum absolute atomic E-state index is 12.0. The summed E-state index contributed by atoms with van der Waals surface area (Å²) in [6.07, 6.45) is 2.59. The zero-order valence-electron chi connectivity index (χ0n) is 13.6. The molecular formula is C19H25NOS. The highest BCUT2D eigenvalue weighted by Gasteiger charge is 2.17.